The Morgan fingerprint density at radius 2 is 1.56 bits per heavy atom. The van der Waals surface area contributed by atoms with Gasteiger partial charge in [-0.25, -0.2) is 0 Å². The number of nitrogens with zero attached hydrogens (tertiary/aromatic N) is 1. The minimum atomic E-state index is -4.06. The summed E-state index contributed by atoms with van der Waals surface area (Å²) in [5, 5.41) is 0.176. The zero-order valence-electron chi connectivity index (χ0n) is 15.9. The molecule has 25 heavy (non-hydrogen) atoms. The van der Waals surface area contributed by atoms with Crippen molar-refractivity contribution in [3.05, 3.63) is 29.8 Å². The summed E-state index contributed by atoms with van der Waals surface area (Å²) in [7, 11) is -1.78. The van der Waals surface area contributed by atoms with Crippen LogP contribution in [0.25, 0.3) is 0 Å². The van der Waals surface area contributed by atoms with E-state index in [0.29, 0.717) is 19.7 Å². The van der Waals surface area contributed by atoms with Crippen molar-refractivity contribution in [1.29, 1.82) is 0 Å². The van der Waals surface area contributed by atoms with Gasteiger partial charge in [-0.3, -0.25) is 0 Å². The second-order valence-electron chi connectivity index (χ2n) is 8.52. The summed E-state index contributed by atoms with van der Waals surface area (Å²) in [6.07, 6.45) is -3.70. The van der Waals surface area contributed by atoms with E-state index in [1.807, 2.05) is 29.2 Å². The van der Waals surface area contributed by atoms with Crippen LogP contribution in [0.3, 0.4) is 0 Å². The van der Waals surface area contributed by atoms with Gasteiger partial charge in [0.2, 0.25) is 0 Å². The third kappa shape index (κ3) is 5.23. The Bertz CT molecular complexity index is 556. The van der Waals surface area contributed by atoms with Gasteiger partial charge in [0.25, 0.3) is 0 Å². The molecule has 1 aromatic rings. The molecule has 0 atom stereocenters. The van der Waals surface area contributed by atoms with Crippen molar-refractivity contribution in [2.24, 2.45) is 5.92 Å². The molecule has 1 fully saturated rings. The molecule has 0 amide bonds. The summed E-state index contributed by atoms with van der Waals surface area (Å²) in [6, 6.07) is 8.05. The van der Waals surface area contributed by atoms with Crippen LogP contribution in [-0.2, 0) is 11.0 Å². The fourth-order valence-corrected chi connectivity index (χ4v) is 3.71. The van der Waals surface area contributed by atoms with Crippen LogP contribution < -0.4 is 4.90 Å². The first-order valence-corrected chi connectivity index (χ1v) is 11.9. The highest BCUT2D eigenvalue weighted by atomic mass is 28.4. The number of alkyl halides is 3. The van der Waals surface area contributed by atoms with Crippen LogP contribution in [0.15, 0.2) is 24.3 Å². The molecular weight excluding hydrogens is 343 g/mol. The number of anilines is 1. The van der Waals surface area contributed by atoms with Crippen molar-refractivity contribution in [3.63, 3.8) is 0 Å². The molecular formula is C19H30F3NOSi. The average Bonchev–Trinajstić information content (AvgIpc) is 2.52. The van der Waals surface area contributed by atoms with Crippen LogP contribution >= 0.6 is 0 Å². The van der Waals surface area contributed by atoms with Gasteiger partial charge in [0.05, 0.1) is 12.5 Å². The lowest BCUT2D eigenvalue weighted by Crippen LogP contribution is -2.40. The van der Waals surface area contributed by atoms with E-state index in [4.69, 9.17) is 4.43 Å². The maximum atomic E-state index is 12.8. The Labute approximate surface area is 150 Å². The lowest BCUT2D eigenvalue weighted by Gasteiger charge is -2.36. The molecule has 142 valence electrons. The first-order chi connectivity index (χ1) is 11.4. The van der Waals surface area contributed by atoms with Crippen molar-refractivity contribution < 1.29 is 17.6 Å². The fraction of sp³-hybridized carbons (Fsp3) is 0.684. The lowest BCUT2D eigenvalue weighted by molar-refractivity contribution is -0.179. The van der Waals surface area contributed by atoms with E-state index in [9.17, 15) is 13.2 Å². The van der Waals surface area contributed by atoms with E-state index < -0.39 is 20.4 Å². The number of hydrogen-bond acceptors (Lipinski definition) is 2. The lowest BCUT2D eigenvalue weighted by atomic mass is 9.96. The predicted octanol–water partition coefficient (Wildman–Crippen LogP) is 5.99. The van der Waals surface area contributed by atoms with Gasteiger partial charge in [-0.2, -0.15) is 13.2 Å². The predicted molar refractivity (Wildman–Crippen MR) is 99.4 cm³/mol. The number of hydrogen-bond donors (Lipinski definition) is 0. The van der Waals surface area contributed by atoms with Gasteiger partial charge >= 0.3 is 6.18 Å². The van der Waals surface area contributed by atoms with Crippen LogP contribution in [-0.4, -0.2) is 27.6 Å². The Hall–Kier alpha value is -1.01. The van der Waals surface area contributed by atoms with Crippen LogP contribution in [0, 0.1) is 5.92 Å². The molecule has 1 aliphatic rings. The van der Waals surface area contributed by atoms with E-state index in [2.05, 4.69) is 33.9 Å². The maximum Gasteiger partial charge on any atom is 0.391 e. The first-order valence-electron chi connectivity index (χ1n) is 8.95. The number of piperidine rings is 1. The Morgan fingerprint density at radius 3 is 2.00 bits per heavy atom. The second kappa shape index (κ2) is 7.31. The van der Waals surface area contributed by atoms with Gasteiger partial charge in [-0.15, -0.1) is 0 Å². The molecule has 1 aromatic carbocycles. The minimum absolute atomic E-state index is 0.176. The van der Waals surface area contributed by atoms with Crippen molar-refractivity contribution >= 4 is 14.0 Å². The summed E-state index contributed by atoms with van der Waals surface area (Å²) in [6.45, 7) is 12.6. The molecule has 0 N–H and O–H groups in total. The quantitative estimate of drug-likeness (QED) is 0.601. The second-order valence-corrected chi connectivity index (χ2v) is 13.3. The summed E-state index contributed by atoms with van der Waals surface area (Å²) < 4.78 is 44.5. The van der Waals surface area contributed by atoms with Crippen LogP contribution in [0.2, 0.25) is 18.1 Å². The molecule has 0 bridgehead atoms. The third-order valence-corrected chi connectivity index (χ3v) is 10.1. The molecule has 1 aliphatic heterocycles. The van der Waals surface area contributed by atoms with Crippen LogP contribution in [0.1, 0.15) is 39.2 Å². The van der Waals surface area contributed by atoms with Gasteiger partial charge in [-0.1, -0.05) is 32.9 Å². The van der Waals surface area contributed by atoms with Crippen molar-refractivity contribution in [1.82, 2.24) is 0 Å². The summed E-state index contributed by atoms with van der Waals surface area (Å²) >= 11 is 0. The average molecular weight is 374 g/mol. The Morgan fingerprint density at radius 1 is 1.04 bits per heavy atom. The molecule has 2 rings (SSSR count). The molecule has 1 heterocycles. The highest BCUT2D eigenvalue weighted by Gasteiger charge is 2.41. The molecule has 1 saturated heterocycles. The van der Waals surface area contributed by atoms with Gasteiger partial charge in [0.15, 0.2) is 8.32 Å². The normalized spacial score (nSPS) is 17.8. The minimum Gasteiger partial charge on any atom is -0.413 e. The monoisotopic (exact) mass is 373 g/mol. The van der Waals surface area contributed by atoms with Crippen molar-refractivity contribution in [3.8, 4) is 0 Å². The van der Waals surface area contributed by atoms with Gasteiger partial charge < -0.3 is 9.33 Å². The number of benzene rings is 1. The Balaban J connectivity index is 1.91. The molecule has 6 heteroatoms. The summed E-state index contributed by atoms with van der Waals surface area (Å²) in [5.74, 6) is -1.15. The molecule has 0 spiro atoms. The van der Waals surface area contributed by atoms with Gasteiger partial charge in [-0.05, 0) is 48.7 Å². The number of halogens is 3. The molecule has 0 radical (unpaired) electrons. The fourth-order valence-electron chi connectivity index (χ4n) is 2.75. The van der Waals surface area contributed by atoms with E-state index in [1.54, 1.807) is 0 Å². The summed E-state index contributed by atoms with van der Waals surface area (Å²) in [5.41, 5.74) is 2.11. The van der Waals surface area contributed by atoms with Gasteiger partial charge in [0, 0.05) is 18.8 Å². The van der Waals surface area contributed by atoms with E-state index in [-0.39, 0.29) is 17.9 Å². The smallest absolute Gasteiger partial charge is 0.391 e. The van der Waals surface area contributed by atoms with E-state index in [0.717, 1.165) is 11.3 Å². The molecule has 0 aromatic heterocycles. The Kier molecular flexibility index (Phi) is 5.94. The standard InChI is InChI=1S/C19H30F3NOSi/c1-18(2,3)25(4,5)24-14-15-6-8-17(9-7-15)23-12-10-16(11-13-23)19(20,21)22/h6-9,16H,10-14H2,1-5H3. The van der Waals surface area contributed by atoms with E-state index in [1.165, 1.54) is 0 Å². The SMILES string of the molecule is CC(C)(C)[Si](C)(C)OCc1ccc(N2CCC(C(F)(F)F)CC2)cc1. The molecule has 0 unspecified atom stereocenters. The van der Waals surface area contributed by atoms with Crippen LogP contribution in [0.5, 0.6) is 0 Å². The van der Waals surface area contributed by atoms with E-state index >= 15 is 0 Å². The highest BCUT2D eigenvalue weighted by molar-refractivity contribution is 6.74. The topological polar surface area (TPSA) is 12.5 Å². The number of rotatable bonds is 4. The molecule has 0 aliphatic carbocycles. The maximum absolute atomic E-state index is 12.8. The zero-order chi connectivity index (χ0) is 18.9. The van der Waals surface area contributed by atoms with Crippen molar-refractivity contribution in [2.75, 3.05) is 18.0 Å². The highest BCUT2D eigenvalue weighted by Crippen LogP contribution is 2.37. The molecule has 2 nitrogen and oxygen atoms in total. The first kappa shape index (κ1) is 20.3. The largest absolute Gasteiger partial charge is 0.413 e. The molecule has 0 saturated carbocycles. The van der Waals surface area contributed by atoms with Gasteiger partial charge in [0.1, 0.15) is 0 Å². The van der Waals surface area contributed by atoms with Crippen LogP contribution in [0.4, 0.5) is 18.9 Å². The van der Waals surface area contributed by atoms with Crippen molar-refractivity contribution in [2.45, 2.75) is 64.5 Å². The zero-order valence-corrected chi connectivity index (χ0v) is 16.9. The summed E-state index contributed by atoms with van der Waals surface area (Å²) in [4.78, 5) is 2.04. The third-order valence-electron chi connectivity index (χ3n) is 5.67.